The van der Waals surface area contributed by atoms with Gasteiger partial charge < -0.3 is 9.67 Å². The molecule has 1 atom stereocenters. The summed E-state index contributed by atoms with van der Waals surface area (Å²) in [6, 6.07) is 15.0. The van der Waals surface area contributed by atoms with Gasteiger partial charge in [0, 0.05) is 15.7 Å². The highest BCUT2D eigenvalue weighted by Gasteiger charge is 2.25. The Balaban J connectivity index is 2.14. The molecule has 2 aromatic carbocycles. The van der Waals surface area contributed by atoms with Crippen LogP contribution in [0, 0.1) is 0 Å². The number of aromatic nitrogens is 1. The Morgan fingerprint density at radius 2 is 1.59 bits per heavy atom. The summed E-state index contributed by atoms with van der Waals surface area (Å²) in [6.07, 6.45) is 0. The largest absolute Gasteiger partial charge is 0.477 e. The maximum atomic E-state index is 11.9. The second-order valence-corrected chi connectivity index (χ2v) is 8.95. The lowest BCUT2D eigenvalue weighted by atomic mass is 10.0. The van der Waals surface area contributed by atoms with Crippen molar-refractivity contribution in [3.63, 3.8) is 0 Å². The topological polar surface area (TPSA) is 54.6 Å². The lowest BCUT2D eigenvalue weighted by molar-refractivity contribution is 0.0699. The Labute approximate surface area is 184 Å². The fraction of sp³-hybridized carbons (Fsp3) is 0.273. The number of carbonyl (C=O) groups is 1. The summed E-state index contributed by atoms with van der Waals surface area (Å²) in [4.78, 5) is 17.7. The molecule has 0 aliphatic carbocycles. The van der Waals surface area contributed by atoms with Crippen LogP contribution in [0.1, 0.15) is 59.2 Å². The zero-order valence-corrected chi connectivity index (χ0v) is 18.7. The zero-order chi connectivity index (χ0) is 21.1. The maximum Gasteiger partial charge on any atom is 0.347 e. The van der Waals surface area contributed by atoms with Crippen LogP contribution >= 0.6 is 34.5 Å². The highest BCUT2D eigenvalue weighted by atomic mass is 35.5. The number of carboxylic acid groups (broad SMARTS) is 1. The number of aromatic carboxylic acids is 1. The number of rotatable bonds is 6. The van der Waals surface area contributed by atoms with E-state index < -0.39 is 5.97 Å². The van der Waals surface area contributed by atoms with Gasteiger partial charge in [-0.25, -0.2) is 4.79 Å². The van der Waals surface area contributed by atoms with Crippen molar-refractivity contribution < 1.29 is 9.90 Å². The van der Waals surface area contributed by atoms with Gasteiger partial charge in [-0.2, -0.15) is 0 Å². The van der Waals surface area contributed by atoms with Crippen LogP contribution in [0.2, 0.25) is 10.0 Å². The summed E-state index contributed by atoms with van der Waals surface area (Å²) in [5.74, 6) is -0.893. The van der Waals surface area contributed by atoms with Crippen molar-refractivity contribution in [1.82, 2.24) is 4.57 Å². The molecular weight excluding hydrogens is 427 g/mol. The first kappa shape index (κ1) is 21.6. The molecule has 152 valence electrons. The normalized spacial score (nSPS) is 13.1. The predicted molar refractivity (Wildman–Crippen MR) is 119 cm³/mol. The highest BCUT2D eigenvalue weighted by Crippen LogP contribution is 2.29. The monoisotopic (exact) mass is 448 g/mol. The zero-order valence-electron chi connectivity index (χ0n) is 16.4. The molecule has 0 fully saturated rings. The van der Waals surface area contributed by atoms with Crippen molar-refractivity contribution in [2.24, 2.45) is 4.99 Å². The Morgan fingerprint density at radius 3 is 2.10 bits per heavy atom. The number of thiazole rings is 1. The van der Waals surface area contributed by atoms with Crippen molar-refractivity contribution in [3.8, 4) is 0 Å². The number of carboxylic acids is 1. The van der Waals surface area contributed by atoms with Gasteiger partial charge in [-0.15, -0.1) is 0 Å². The Bertz CT molecular complexity index is 1070. The smallest absolute Gasteiger partial charge is 0.347 e. The second-order valence-electron chi connectivity index (χ2n) is 7.10. The van der Waals surface area contributed by atoms with Crippen molar-refractivity contribution >= 4 is 40.5 Å². The van der Waals surface area contributed by atoms with Gasteiger partial charge in [0.2, 0.25) is 0 Å². The molecule has 1 heterocycles. The molecular formula is C22H22Cl2N2O2S. The van der Waals surface area contributed by atoms with Gasteiger partial charge in [-0.05, 0) is 48.2 Å². The van der Waals surface area contributed by atoms with Gasteiger partial charge in [0.1, 0.15) is 4.88 Å². The fourth-order valence-electron chi connectivity index (χ4n) is 3.22. The van der Waals surface area contributed by atoms with E-state index in [0.717, 1.165) is 16.8 Å². The predicted octanol–water partition coefficient (Wildman–Crippen LogP) is 6.39. The van der Waals surface area contributed by atoms with Crippen LogP contribution < -0.4 is 4.80 Å². The average Bonchev–Trinajstić information content (AvgIpc) is 3.08. The van der Waals surface area contributed by atoms with E-state index in [1.165, 1.54) is 11.3 Å². The minimum absolute atomic E-state index is 0.0339. The van der Waals surface area contributed by atoms with Crippen molar-refractivity contribution in [2.45, 2.75) is 39.3 Å². The lowest BCUT2D eigenvalue weighted by Gasteiger charge is -2.20. The Kier molecular flexibility index (Phi) is 6.83. The van der Waals surface area contributed by atoms with E-state index in [4.69, 9.17) is 28.2 Å². The number of hydrogen-bond acceptors (Lipinski definition) is 3. The van der Waals surface area contributed by atoms with Crippen molar-refractivity contribution in [2.75, 3.05) is 0 Å². The van der Waals surface area contributed by atoms with E-state index >= 15 is 0 Å². The quantitative estimate of drug-likeness (QED) is 0.474. The molecule has 1 aromatic heterocycles. The Morgan fingerprint density at radius 1 is 1.03 bits per heavy atom. The molecule has 4 nitrogen and oxygen atoms in total. The van der Waals surface area contributed by atoms with Gasteiger partial charge in [0.25, 0.3) is 0 Å². The fourth-order valence-corrected chi connectivity index (χ4v) is 4.66. The van der Waals surface area contributed by atoms with Gasteiger partial charge in [0.05, 0.1) is 12.6 Å². The molecule has 3 aromatic rings. The SMILES string of the molecule is CC(C)c1c(C(=O)O)sc(=NCc2ccc(Cl)cc2)n1[C@H](C)c1ccc(Cl)cc1. The molecule has 0 radical (unpaired) electrons. The first-order valence-corrected chi connectivity index (χ1v) is 10.8. The van der Waals surface area contributed by atoms with E-state index in [1.54, 1.807) is 0 Å². The lowest BCUT2D eigenvalue weighted by Crippen LogP contribution is -2.23. The van der Waals surface area contributed by atoms with Gasteiger partial charge in [-0.3, -0.25) is 4.99 Å². The number of halogens is 2. The molecule has 0 saturated heterocycles. The minimum Gasteiger partial charge on any atom is -0.477 e. The standard InChI is InChI=1S/C22H22Cl2N2O2S/c1-13(2)19-20(21(27)28)29-22(25-12-15-4-8-17(23)9-5-15)26(19)14(3)16-6-10-18(24)11-7-16/h4-11,13-14H,12H2,1-3H3,(H,27,28)/t14-/m1/s1. The van der Waals surface area contributed by atoms with Gasteiger partial charge in [-0.1, -0.05) is 72.7 Å². The Hall–Kier alpha value is -2.08. The molecule has 29 heavy (non-hydrogen) atoms. The van der Waals surface area contributed by atoms with Gasteiger partial charge in [0.15, 0.2) is 4.80 Å². The van der Waals surface area contributed by atoms with E-state index in [9.17, 15) is 9.90 Å². The number of hydrogen-bond donors (Lipinski definition) is 1. The highest BCUT2D eigenvalue weighted by molar-refractivity contribution is 7.11. The summed E-state index contributed by atoms with van der Waals surface area (Å²) in [5.41, 5.74) is 2.83. The van der Waals surface area contributed by atoms with Crippen molar-refractivity contribution in [3.05, 3.63) is 85.1 Å². The van der Waals surface area contributed by atoms with Crippen LogP contribution in [-0.2, 0) is 6.54 Å². The molecule has 0 saturated carbocycles. The summed E-state index contributed by atoms with van der Waals surface area (Å²) in [5, 5.41) is 11.1. The summed E-state index contributed by atoms with van der Waals surface area (Å²) < 4.78 is 2.04. The molecule has 3 rings (SSSR count). The number of nitrogens with zero attached hydrogens (tertiary/aromatic N) is 2. The molecule has 0 aliphatic rings. The summed E-state index contributed by atoms with van der Waals surface area (Å²) >= 11 is 13.2. The first-order valence-electron chi connectivity index (χ1n) is 9.26. The van der Waals surface area contributed by atoms with E-state index in [2.05, 4.69) is 6.92 Å². The molecule has 0 aliphatic heterocycles. The molecule has 1 N–H and O–H groups in total. The van der Waals surface area contributed by atoms with E-state index in [0.29, 0.717) is 26.3 Å². The third kappa shape index (κ3) is 4.92. The van der Waals surface area contributed by atoms with E-state index in [1.807, 2.05) is 66.9 Å². The van der Waals surface area contributed by atoms with Crippen molar-refractivity contribution in [1.29, 1.82) is 0 Å². The second kappa shape index (κ2) is 9.16. The van der Waals surface area contributed by atoms with Crippen LogP contribution in [0.15, 0.2) is 53.5 Å². The summed E-state index contributed by atoms with van der Waals surface area (Å²) in [6.45, 7) is 6.50. The molecule has 7 heteroatoms. The van der Waals surface area contributed by atoms with Crippen LogP contribution in [0.3, 0.4) is 0 Å². The molecule has 0 amide bonds. The minimum atomic E-state index is -0.927. The van der Waals surface area contributed by atoms with Crippen LogP contribution in [0.4, 0.5) is 0 Å². The third-order valence-electron chi connectivity index (χ3n) is 4.68. The van der Waals surface area contributed by atoms with Crippen LogP contribution in [0.25, 0.3) is 0 Å². The third-order valence-corrected chi connectivity index (χ3v) is 6.28. The summed E-state index contributed by atoms with van der Waals surface area (Å²) in [7, 11) is 0. The van der Waals surface area contributed by atoms with Crippen LogP contribution in [-0.4, -0.2) is 15.6 Å². The van der Waals surface area contributed by atoms with E-state index in [-0.39, 0.29) is 12.0 Å². The maximum absolute atomic E-state index is 11.9. The first-order chi connectivity index (χ1) is 13.8. The number of benzene rings is 2. The van der Waals surface area contributed by atoms with Gasteiger partial charge >= 0.3 is 5.97 Å². The molecule has 0 unspecified atom stereocenters. The van der Waals surface area contributed by atoms with Crippen LogP contribution in [0.5, 0.6) is 0 Å². The average molecular weight is 449 g/mol. The molecule has 0 bridgehead atoms. The molecule has 0 spiro atoms.